The highest BCUT2D eigenvalue weighted by molar-refractivity contribution is 5.58. The number of nitrogens with zero attached hydrogens (tertiary/aromatic N) is 4. The van der Waals surface area contributed by atoms with Crippen LogP contribution in [-0.4, -0.2) is 50.9 Å². The molecule has 0 aliphatic carbocycles. The zero-order chi connectivity index (χ0) is 23.8. The maximum atomic E-state index is 11.0. The number of aliphatic hydroxyl groups excluding tert-OH is 1. The average molecular weight is 464 g/mol. The SMILES string of the molecule is O=[N+]([O-])c1cccc(-c2noc(CCN(Cc3ccco3)C[C@H](O)COc3ccccc3)n2)c1. The Hall–Kier alpha value is -4.02. The van der Waals surface area contributed by atoms with Gasteiger partial charge >= 0.3 is 0 Å². The molecular formula is C24H24N4O6. The molecule has 0 bridgehead atoms. The number of para-hydroxylation sites is 1. The Labute approximate surface area is 195 Å². The first kappa shape index (κ1) is 23.1. The van der Waals surface area contributed by atoms with Crippen LogP contribution in [0, 0.1) is 10.1 Å². The van der Waals surface area contributed by atoms with Crippen molar-refractivity contribution in [3.05, 3.63) is 94.8 Å². The van der Waals surface area contributed by atoms with Crippen molar-refractivity contribution in [1.82, 2.24) is 15.0 Å². The van der Waals surface area contributed by atoms with E-state index >= 15 is 0 Å². The summed E-state index contributed by atoms with van der Waals surface area (Å²) in [6, 6.07) is 19.1. The first-order valence-electron chi connectivity index (χ1n) is 10.7. The molecule has 0 saturated carbocycles. The van der Waals surface area contributed by atoms with Crippen molar-refractivity contribution in [2.75, 3.05) is 19.7 Å². The Bertz CT molecular complexity index is 1180. The number of aromatic nitrogens is 2. The van der Waals surface area contributed by atoms with E-state index in [1.807, 2.05) is 47.4 Å². The smallest absolute Gasteiger partial charge is 0.270 e. The summed E-state index contributed by atoms with van der Waals surface area (Å²) < 4.78 is 16.5. The van der Waals surface area contributed by atoms with Crippen molar-refractivity contribution in [3.63, 3.8) is 0 Å². The van der Waals surface area contributed by atoms with Crippen LogP contribution in [0.15, 0.2) is 81.9 Å². The van der Waals surface area contributed by atoms with Crippen LogP contribution < -0.4 is 4.74 Å². The molecule has 10 heteroatoms. The molecular weight excluding hydrogens is 440 g/mol. The third-order valence-corrected chi connectivity index (χ3v) is 5.04. The monoisotopic (exact) mass is 464 g/mol. The van der Waals surface area contributed by atoms with Crippen LogP contribution >= 0.6 is 0 Å². The predicted octanol–water partition coefficient (Wildman–Crippen LogP) is 3.72. The van der Waals surface area contributed by atoms with E-state index in [1.54, 1.807) is 18.4 Å². The van der Waals surface area contributed by atoms with Gasteiger partial charge in [-0.2, -0.15) is 4.98 Å². The summed E-state index contributed by atoms with van der Waals surface area (Å²) in [6.45, 7) is 1.50. The standard InChI is InChI=1S/C24H24N4O6/c29-20(17-33-21-8-2-1-3-9-21)15-27(16-22-10-5-13-32-22)12-11-23-25-24(26-34-23)18-6-4-7-19(14-18)28(30)31/h1-10,13-14,20,29H,11-12,15-17H2/t20-/m0/s1. The number of non-ortho nitro benzene ring substituents is 1. The van der Waals surface area contributed by atoms with Gasteiger partial charge in [0.15, 0.2) is 0 Å². The predicted molar refractivity (Wildman–Crippen MR) is 122 cm³/mol. The first-order valence-corrected chi connectivity index (χ1v) is 10.7. The van der Waals surface area contributed by atoms with Gasteiger partial charge in [-0.05, 0) is 24.3 Å². The van der Waals surface area contributed by atoms with Crippen molar-refractivity contribution in [3.8, 4) is 17.1 Å². The fourth-order valence-electron chi connectivity index (χ4n) is 3.40. The molecule has 0 spiro atoms. The van der Waals surface area contributed by atoms with Crippen LogP contribution in [0.2, 0.25) is 0 Å². The molecule has 0 aliphatic heterocycles. The molecule has 0 radical (unpaired) electrons. The van der Waals surface area contributed by atoms with Crippen LogP contribution in [0.5, 0.6) is 5.75 Å². The van der Waals surface area contributed by atoms with Gasteiger partial charge < -0.3 is 18.8 Å². The van der Waals surface area contributed by atoms with E-state index in [-0.39, 0.29) is 18.1 Å². The second-order valence-corrected chi connectivity index (χ2v) is 7.66. The number of nitro benzene ring substituents is 1. The number of hydrogen-bond donors (Lipinski definition) is 1. The van der Waals surface area contributed by atoms with E-state index < -0.39 is 11.0 Å². The van der Waals surface area contributed by atoms with Gasteiger partial charge in [-0.15, -0.1) is 0 Å². The van der Waals surface area contributed by atoms with Gasteiger partial charge in [0.25, 0.3) is 5.69 Å². The van der Waals surface area contributed by atoms with Crippen LogP contribution in [0.1, 0.15) is 11.7 Å². The second kappa shape index (κ2) is 11.2. The van der Waals surface area contributed by atoms with Crippen LogP contribution in [0.25, 0.3) is 11.4 Å². The molecule has 2 aromatic heterocycles. The van der Waals surface area contributed by atoms with E-state index in [4.69, 9.17) is 13.7 Å². The summed E-state index contributed by atoms with van der Waals surface area (Å²) in [5.41, 5.74) is 0.463. The van der Waals surface area contributed by atoms with Gasteiger partial charge in [0.05, 0.1) is 17.7 Å². The average Bonchev–Trinajstić information content (AvgIpc) is 3.54. The van der Waals surface area contributed by atoms with Gasteiger partial charge in [0.2, 0.25) is 11.7 Å². The van der Waals surface area contributed by atoms with Gasteiger partial charge in [-0.1, -0.05) is 35.5 Å². The van der Waals surface area contributed by atoms with E-state index in [0.29, 0.717) is 43.3 Å². The molecule has 4 aromatic rings. The van der Waals surface area contributed by atoms with Gasteiger partial charge in [-0.25, -0.2) is 0 Å². The fraction of sp³-hybridized carbons (Fsp3) is 0.250. The molecule has 34 heavy (non-hydrogen) atoms. The van der Waals surface area contributed by atoms with E-state index in [1.165, 1.54) is 12.1 Å². The summed E-state index contributed by atoms with van der Waals surface area (Å²) in [4.78, 5) is 16.9. The zero-order valence-electron chi connectivity index (χ0n) is 18.3. The lowest BCUT2D eigenvalue weighted by atomic mass is 10.2. The largest absolute Gasteiger partial charge is 0.491 e. The van der Waals surface area contributed by atoms with Gasteiger partial charge in [-0.3, -0.25) is 15.0 Å². The number of hydrogen-bond acceptors (Lipinski definition) is 9. The third kappa shape index (κ3) is 6.50. The summed E-state index contributed by atoms with van der Waals surface area (Å²) in [5, 5.41) is 25.5. The van der Waals surface area contributed by atoms with E-state index in [9.17, 15) is 15.2 Å². The quantitative estimate of drug-likeness (QED) is 0.246. The molecule has 0 amide bonds. The highest BCUT2D eigenvalue weighted by Gasteiger charge is 2.17. The maximum Gasteiger partial charge on any atom is 0.270 e. The highest BCUT2D eigenvalue weighted by atomic mass is 16.6. The van der Waals surface area contributed by atoms with E-state index in [2.05, 4.69) is 10.1 Å². The number of benzene rings is 2. The summed E-state index contributed by atoms with van der Waals surface area (Å²) in [6.07, 6.45) is 1.30. The Balaban J connectivity index is 1.37. The topological polar surface area (TPSA) is 128 Å². The highest BCUT2D eigenvalue weighted by Crippen LogP contribution is 2.21. The molecule has 0 saturated heterocycles. The van der Waals surface area contributed by atoms with E-state index in [0.717, 1.165) is 5.76 Å². The lowest BCUT2D eigenvalue weighted by molar-refractivity contribution is -0.384. The summed E-state index contributed by atoms with van der Waals surface area (Å²) in [5.74, 6) is 2.13. The molecule has 2 heterocycles. The number of rotatable bonds is 12. The first-order chi connectivity index (χ1) is 16.6. The minimum absolute atomic E-state index is 0.0415. The van der Waals surface area contributed by atoms with Crippen LogP contribution in [0.3, 0.4) is 0 Å². The normalized spacial score (nSPS) is 12.1. The van der Waals surface area contributed by atoms with Crippen LogP contribution in [-0.2, 0) is 13.0 Å². The molecule has 0 fully saturated rings. The molecule has 1 atom stereocenters. The molecule has 1 N–H and O–H groups in total. The summed E-state index contributed by atoms with van der Waals surface area (Å²) >= 11 is 0. The lowest BCUT2D eigenvalue weighted by Gasteiger charge is -2.23. The van der Waals surface area contributed by atoms with Gasteiger partial charge in [0, 0.05) is 37.2 Å². The second-order valence-electron chi connectivity index (χ2n) is 7.66. The Morgan fingerprint density at radius 2 is 1.97 bits per heavy atom. The molecule has 176 valence electrons. The third-order valence-electron chi connectivity index (χ3n) is 5.04. The zero-order valence-corrected chi connectivity index (χ0v) is 18.3. The van der Waals surface area contributed by atoms with Crippen molar-refractivity contribution in [2.45, 2.75) is 19.1 Å². The molecule has 0 unspecified atom stereocenters. The number of nitro groups is 1. The minimum atomic E-state index is -0.724. The molecule has 4 rings (SSSR count). The van der Waals surface area contributed by atoms with Crippen molar-refractivity contribution < 1.29 is 23.7 Å². The van der Waals surface area contributed by atoms with Crippen molar-refractivity contribution in [1.29, 1.82) is 0 Å². The van der Waals surface area contributed by atoms with Crippen molar-refractivity contribution in [2.24, 2.45) is 0 Å². The number of aliphatic hydroxyl groups is 1. The Morgan fingerprint density at radius 1 is 1.12 bits per heavy atom. The Morgan fingerprint density at radius 3 is 2.74 bits per heavy atom. The van der Waals surface area contributed by atoms with Crippen molar-refractivity contribution >= 4 is 5.69 Å². The lowest BCUT2D eigenvalue weighted by Crippen LogP contribution is -2.36. The molecule has 0 aliphatic rings. The fourth-order valence-corrected chi connectivity index (χ4v) is 3.40. The number of furan rings is 1. The summed E-state index contributed by atoms with van der Waals surface area (Å²) in [7, 11) is 0. The van der Waals surface area contributed by atoms with Gasteiger partial charge in [0.1, 0.15) is 24.2 Å². The molecule has 10 nitrogen and oxygen atoms in total. The number of ether oxygens (including phenoxy) is 1. The van der Waals surface area contributed by atoms with Crippen LogP contribution in [0.4, 0.5) is 5.69 Å². The minimum Gasteiger partial charge on any atom is -0.491 e. The maximum absolute atomic E-state index is 11.0. The molecule has 2 aromatic carbocycles. The Kier molecular flexibility index (Phi) is 7.63.